The molecule has 1 rings (SSSR count). The fourth-order valence-corrected chi connectivity index (χ4v) is 2.73. The minimum absolute atomic E-state index is 0.0170. The molecule has 0 aliphatic carbocycles. The third-order valence-electron chi connectivity index (χ3n) is 2.81. The van der Waals surface area contributed by atoms with E-state index in [0.717, 1.165) is 0 Å². The second-order valence-corrected chi connectivity index (χ2v) is 6.67. The zero-order valence-corrected chi connectivity index (χ0v) is 13.3. The van der Waals surface area contributed by atoms with E-state index in [1.807, 2.05) is 13.8 Å². The molecular weight excluding hydrogens is 292 g/mol. The summed E-state index contributed by atoms with van der Waals surface area (Å²) in [6, 6.07) is 3.02. The van der Waals surface area contributed by atoms with Gasteiger partial charge in [-0.25, -0.2) is 13.6 Å². The summed E-state index contributed by atoms with van der Waals surface area (Å²) in [5, 5.41) is 10.9. The first-order valence-electron chi connectivity index (χ1n) is 6.57. The highest BCUT2D eigenvalue weighted by Crippen LogP contribution is 2.25. The van der Waals surface area contributed by atoms with Crippen LogP contribution in [0.1, 0.15) is 25.8 Å². The number of primary sulfonamides is 1. The van der Waals surface area contributed by atoms with Gasteiger partial charge in [-0.2, -0.15) is 0 Å². The maximum Gasteiger partial charge on any atom is 0.238 e. The number of nitrogen functional groups attached to an aromatic ring is 1. The molecule has 0 aromatic heterocycles. The first-order chi connectivity index (χ1) is 9.61. The number of carbonyl (C=O) groups excluding carboxylic acids is 1. The second-order valence-electron chi connectivity index (χ2n) is 5.14. The Morgan fingerprint density at radius 3 is 2.48 bits per heavy atom. The lowest BCUT2D eigenvalue weighted by Crippen LogP contribution is -2.31. The number of amides is 1. The van der Waals surface area contributed by atoms with Crippen molar-refractivity contribution in [2.75, 3.05) is 17.6 Å². The normalized spacial score (nSPS) is 11.5. The van der Waals surface area contributed by atoms with Crippen LogP contribution in [0.5, 0.6) is 0 Å². The van der Waals surface area contributed by atoms with Gasteiger partial charge in [0.1, 0.15) is 0 Å². The van der Waals surface area contributed by atoms with Crippen molar-refractivity contribution in [3.8, 4) is 0 Å². The van der Waals surface area contributed by atoms with E-state index in [4.69, 9.17) is 10.9 Å². The molecule has 8 heteroatoms. The lowest BCUT2D eigenvalue weighted by Gasteiger charge is -2.14. The molecule has 0 fully saturated rings. The maximum absolute atomic E-state index is 11.5. The molecule has 0 saturated carbocycles. The maximum atomic E-state index is 11.5. The van der Waals surface area contributed by atoms with Gasteiger partial charge in [0, 0.05) is 30.4 Å². The minimum Gasteiger partial charge on any atom is -0.399 e. The molecule has 21 heavy (non-hydrogen) atoms. The Morgan fingerprint density at radius 2 is 1.95 bits per heavy atom. The number of sulfonamides is 1. The molecular formula is C13H22N4O3S. The standard InChI is InChI=1S/C13H22N4O3S/c1-8(2)17-13(18)4-5-16-11-6-10(14)7-12(9(11)3)21(15,19)20/h6-8,16H,4-5,14H2,1-3H3,(H,17,18)(H2,15,19,20). The van der Waals surface area contributed by atoms with Gasteiger partial charge in [-0.3, -0.25) is 4.79 Å². The van der Waals surface area contributed by atoms with Crippen LogP contribution < -0.4 is 21.5 Å². The van der Waals surface area contributed by atoms with E-state index in [1.165, 1.54) is 6.07 Å². The van der Waals surface area contributed by atoms with E-state index in [1.54, 1.807) is 13.0 Å². The first kappa shape index (κ1) is 17.3. The molecule has 1 aromatic carbocycles. The molecule has 0 spiro atoms. The predicted octanol–water partition coefficient (Wildman–Crippen LogP) is 0.551. The van der Waals surface area contributed by atoms with Crippen LogP contribution in [-0.4, -0.2) is 26.9 Å². The summed E-state index contributed by atoms with van der Waals surface area (Å²) in [4.78, 5) is 11.5. The molecule has 0 aliphatic rings. The summed E-state index contributed by atoms with van der Waals surface area (Å²) < 4.78 is 23.0. The van der Waals surface area contributed by atoms with Gasteiger partial charge < -0.3 is 16.4 Å². The SMILES string of the molecule is Cc1c(NCCC(=O)NC(C)C)cc(N)cc1S(N)(=O)=O. The molecule has 1 aromatic rings. The molecule has 118 valence electrons. The van der Waals surface area contributed by atoms with Crippen LogP contribution in [0.4, 0.5) is 11.4 Å². The van der Waals surface area contributed by atoms with Crippen molar-refractivity contribution < 1.29 is 13.2 Å². The van der Waals surface area contributed by atoms with Crippen LogP contribution in [0.15, 0.2) is 17.0 Å². The smallest absolute Gasteiger partial charge is 0.238 e. The molecule has 0 atom stereocenters. The molecule has 0 unspecified atom stereocenters. The lowest BCUT2D eigenvalue weighted by molar-refractivity contribution is -0.121. The predicted molar refractivity (Wildman–Crippen MR) is 83.4 cm³/mol. The van der Waals surface area contributed by atoms with Crippen molar-refractivity contribution in [2.45, 2.75) is 38.1 Å². The van der Waals surface area contributed by atoms with E-state index in [-0.39, 0.29) is 23.3 Å². The lowest BCUT2D eigenvalue weighted by atomic mass is 10.1. The Hall–Kier alpha value is -1.80. The Bertz CT molecular complexity index is 627. The van der Waals surface area contributed by atoms with Crippen molar-refractivity contribution in [3.63, 3.8) is 0 Å². The Labute approximate surface area is 125 Å². The van der Waals surface area contributed by atoms with Crippen molar-refractivity contribution in [3.05, 3.63) is 17.7 Å². The number of nitrogens with two attached hydrogens (primary N) is 2. The van der Waals surface area contributed by atoms with Crippen LogP contribution in [0.3, 0.4) is 0 Å². The highest BCUT2D eigenvalue weighted by molar-refractivity contribution is 7.89. The van der Waals surface area contributed by atoms with Crippen molar-refractivity contribution >= 4 is 27.3 Å². The van der Waals surface area contributed by atoms with Crippen molar-refractivity contribution in [2.24, 2.45) is 5.14 Å². The van der Waals surface area contributed by atoms with Gasteiger partial charge in [0.25, 0.3) is 0 Å². The van der Waals surface area contributed by atoms with E-state index in [9.17, 15) is 13.2 Å². The van der Waals surface area contributed by atoms with E-state index in [2.05, 4.69) is 10.6 Å². The van der Waals surface area contributed by atoms with Gasteiger partial charge >= 0.3 is 0 Å². The Kier molecular flexibility index (Phi) is 5.56. The quantitative estimate of drug-likeness (QED) is 0.570. The summed E-state index contributed by atoms with van der Waals surface area (Å²) in [6.45, 7) is 5.76. The molecule has 0 aliphatic heterocycles. The monoisotopic (exact) mass is 314 g/mol. The van der Waals surface area contributed by atoms with E-state index < -0.39 is 10.0 Å². The Morgan fingerprint density at radius 1 is 1.33 bits per heavy atom. The van der Waals surface area contributed by atoms with Gasteiger partial charge in [-0.1, -0.05) is 0 Å². The average molecular weight is 314 g/mol. The summed E-state index contributed by atoms with van der Waals surface area (Å²) in [7, 11) is -3.84. The second kappa shape index (κ2) is 6.77. The van der Waals surface area contributed by atoms with Gasteiger partial charge in [0.05, 0.1) is 4.90 Å². The van der Waals surface area contributed by atoms with Crippen LogP contribution in [0, 0.1) is 6.92 Å². The van der Waals surface area contributed by atoms with E-state index in [0.29, 0.717) is 23.5 Å². The van der Waals surface area contributed by atoms with Crippen LogP contribution in [0.25, 0.3) is 0 Å². The summed E-state index contributed by atoms with van der Waals surface area (Å²) >= 11 is 0. The third kappa shape index (κ3) is 5.24. The molecule has 0 radical (unpaired) electrons. The van der Waals surface area contributed by atoms with Crippen molar-refractivity contribution in [1.29, 1.82) is 0 Å². The summed E-state index contributed by atoms with van der Waals surface area (Å²) in [6.07, 6.45) is 0.275. The van der Waals surface area contributed by atoms with Crippen LogP contribution in [-0.2, 0) is 14.8 Å². The fraction of sp³-hybridized carbons (Fsp3) is 0.462. The molecule has 1 amide bonds. The summed E-state index contributed by atoms with van der Waals surface area (Å²) in [5.41, 5.74) is 7.01. The largest absolute Gasteiger partial charge is 0.399 e. The molecule has 0 bridgehead atoms. The number of nitrogens with one attached hydrogen (secondary N) is 2. The summed E-state index contributed by atoms with van der Waals surface area (Å²) in [5.74, 6) is -0.0780. The zero-order valence-electron chi connectivity index (χ0n) is 12.4. The van der Waals surface area contributed by atoms with Gasteiger partial charge in [0.15, 0.2) is 0 Å². The fourth-order valence-electron chi connectivity index (χ4n) is 1.89. The first-order valence-corrected chi connectivity index (χ1v) is 8.12. The van der Waals surface area contributed by atoms with Gasteiger partial charge in [-0.05, 0) is 38.5 Å². The van der Waals surface area contributed by atoms with Crippen molar-refractivity contribution in [1.82, 2.24) is 5.32 Å². The number of carbonyl (C=O) groups is 1. The zero-order chi connectivity index (χ0) is 16.2. The number of anilines is 2. The van der Waals surface area contributed by atoms with Crippen LogP contribution in [0.2, 0.25) is 0 Å². The Balaban J connectivity index is 2.81. The average Bonchev–Trinajstić information content (AvgIpc) is 2.30. The number of benzene rings is 1. The highest BCUT2D eigenvalue weighted by Gasteiger charge is 2.15. The minimum atomic E-state index is -3.84. The molecule has 7 nitrogen and oxygen atoms in total. The van der Waals surface area contributed by atoms with E-state index >= 15 is 0 Å². The number of rotatable bonds is 6. The number of hydrogen-bond donors (Lipinski definition) is 4. The molecule has 6 N–H and O–H groups in total. The molecule has 0 saturated heterocycles. The third-order valence-corrected chi connectivity index (χ3v) is 3.84. The number of hydrogen-bond acceptors (Lipinski definition) is 5. The topological polar surface area (TPSA) is 127 Å². The highest BCUT2D eigenvalue weighted by atomic mass is 32.2. The molecule has 0 heterocycles. The van der Waals surface area contributed by atoms with Crippen LogP contribution >= 0.6 is 0 Å². The van der Waals surface area contributed by atoms with Gasteiger partial charge in [0.2, 0.25) is 15.9 Å². The van der Waals surface area contributed by atoms with Gasteiger partial charge in [-0.15, -0.1) is 0 Å².